The number of aromatic nitrogens is 1. The minimum Gasteiger partial charge on any atom is -0.378 e. The first-order valence-corrected chi connectivity index (χ1v) is 13.0. The molecule has 1 fully saturated rings. The molecular formula is C31H32F3N3O3. The van der Waals surface area contributed by atoms with Crippen molar-refractivity contribution in [1.82, 2.24) is 4.98 Å². The average Bonchev–Trinajstić information content (AvgIpc) is 2.94. The van der Waals surface area contributed by atoms with Crippen molar-refractivity contribution in [2.75, 3.05) is 43.1 Å². The molecule has 1 N–H and O–H groups in total. The van der Waals surface area contributed by atoms with Crippen LogP contribution in [-0.4, -0.2) is 43.8 Å². The number of morpholine rings is 1. The number of carbonyl (C=O) groups is 1. The highest BCUT2D eigenvalue weighted by molar-refractivity contribution is 6.04. The van der Waals surface area contributed by atoms with E-state index < -0.39 is 23.2 Å². The van der Waals surface area contributed by atoms with Gasteiger partial charge < -0.3 is 19.7 Å². The molecule has 0 atom stereocenters. The summed E-state index contributed by atoms with van der Waals surface area (Å²) < 4.78 is 51.0. The van der Waals surface area contributed by atoms with E-state index in [4.69, 9.17) is 20.9 Å². The van der Waals surface area contributed by atoms with Crippen LogP contribution < -0.4 is 10.2 Å². The van der Waals surface area contributed by atoms with Gasteiger partial charge in [-0.3, -0.25) is 9.78 Å². The lowest BCUT2D eigenvalue weighted by Gasteiger charge is -2.34. The molecule has 6 nitrogen and oxygen atoms in total. The van der Waals surface area contributed by atoms with Crippen LogP contribution in [0.2, 0.25) is 0 Å². The number of nitrogens with zero attached hydrogens (tertiary/aromatic N) is 2. The molecule has 2 heterocycles. The fourth-order valence-electron chi connectivity index (χ4n) is 4.59. The predicted molar refractivity (Wildman–Crippen MR) is 149 cm³/mol. The number of pyridine rings is 1. The summed E-state index contributed by atoms with van der Waals surface area (Å²) in [5, 5.41) is 2.73. The van der Waals surface area contributed by atoms with Crippen LogP contribution >= 0.6 is 0 Å². The zero-order chi connectivity index (χ0) is 28.9. The molecule has 40 heavy (non-hydrogen) atoms. The molecule has 1 aromatic heterocycles. The van der Waals surface area contributed by atoms with Gasteiger partial charge in [0.05, 0.1) is 36.8 Å². The molecule has 0 spiro atoms. The van der Waals surface area contributed by atoms with E-state index in [-0.39, 0.29) is 5.56 Å². The first-order valence-electron chi connectivity index (χ1n) is 13.0. The Morgan fingerprint density at radius 1 is 1.15 bits per heavy atom. The predicted octanol–water partition coefficient (Wildman–Crippen LogP) is 6.44. The maximum Gasteiger partial charge on any atom is 0.416 e. The van der Waals surface area contributed by atoms with Gasteiger partial charge >= 0.3 is 6.18 Å². The summed E-state index contributed by atoms with van der Waals surface area (Å²) in [6.07, 6.45) is 3.13. The summed E-state index contributed by atoms with van der Waals surface area (Å²) in [7, 11) is 0. The molecule has 1 saturated heterocycles. The number of hydrogen-bond acceptors (Lipinski definition) is 5. The van der Waals surface area contributed by atoms with Crippen molar-refractivity contribution in [2.24, 2.45) is 0 Å². The number of hydrogen-bond donors (Lipinski definition) is 1. The minimum absolute atomic E-state index is 0.0790. The van der Waals surface area contributed by atoms with Crippen molar-refractivity contribution in [1.29, 1.82) is 0 Å². The van der Waals surface area contributed by atoms with E-state index in [1.54, 1.807) is 18.3 Å². The molecule has 0 saturated carbocycles. The number of amides is 1. The molecule has 1 amide bonds. The molecule has 0 bridgehead atoms. The topological polar surface area (TPSA) is 63.7 Å². The minimum atomic E-state index is -4.54. The Morgan fingerprint density at radius 2 is 1.90 bits per heavy atom. The number of aryl methyl sites for hydroxylation is 1. The van der Waals surface area contributed by atoms with Crippen LogP contribution in [0.3, 0.4) is 0 Å². The Kier molecular flexibility index (Phi) is 8.82. The molecule has 0 aliphatic carbocycles. The molecule has 2 aromatic carbocycles. The Bertz CT molecular complexity index is 1410. The van der Waals surface area contributed by atoms with Crippen molar-refractivity contribution in [3.8, 4) is 23.5 Å². The number of nitrogens with one attached hydrogen (secondary N) is 1. The van der Waals surface area contributed by atoms with Crippen LogP contribution in [0.25, 0.3) is 11.1 Å². The van der Waals surface area contributed by atoms with E-state index in [9.17, 15) is 18.0 Å². The zero-order valence-electron chi connectivity index (χ0n) is 22.8. The third kappa shape index (κ3) is 6.82. The van der Waals surface area contributed by atoms with Gasteiger partial charge in [0, 0.05) is 42.5 Å². The summed E-state index contributed by atoms with van der Waals surface area (Å²) in [4.78, 5) is 19.9. The van der Waals surface area contributed by atoms with Gasteiger partial charge in [-0.25, -0.2) is 0 Å². The molecule has 0 radical (unpaired) electrons. The van der Waals surface area contributed by atoms with Crippen molar-refractivity contribution >= 4 is 17.3 Å². The van der Waals surface area contributed by atoms with E-state index in [1.807, 2.05) is 26.8 Å². The second-order valence-electron chi connectivity index (χ2n) is 10.1. The van der Waals surface area contributed by atoms with Gasteiger partial charge in [0.15, 0.2) is 0 Å². The first kappa shape index (κ1) is 29.1. The van der Waals surface area contributed by atoms with Gasteiger partial charge in [-0.2, -0.15) is 13.2 Å². The summed E-state index contributed by atoms with van der Waals surface area (Å²) in [6, 6.07) is 11.8. The number of rotatable bonds is 8. The van der Waals surface area contributed by atoms with E-state index in [1.165, 1.54) is 12.1 Å². The summed E-state index contributed by atoms with van der Waals surface area (Å²) >= 11 is 0. The fourth-order valence-corrected chi connectivity index (χ4v) is 4.59. The quantitative estimate of drug-likeness (QED) is 0.258. The third-order valence-corrected chi connectivity index (χ3v) is 6.76. The van der Waals surface area contributed by atoms with Gasteiger partial charge in [0.1, 0.15) is 5.60 Å². The Hall–Kier alpha value is -3.87. The van der Waals surface area contributed by atoms with Crippen molar-refractivity contribution in [3.05, 3.63) is 77.1 Å². The van der Waals surface area contributed by atoms with Crippen molar-refractivity contribution in [2.45, 2.75) is 39.0 Å². The third-order valence-electron chi connectivity index (χ3n) is 6.76. The van der Waals surface area contributed by atoms with Crippen LogP contribution in [0.15, 0.2) is 54.7 Å². The maximum absolute atomic E-state index is 13.1. The molecule has 1 aliphatic rings. The maximum atomic E-state index is 13.1. The largest absolute Gasteiger partial charge is 0.416 e. The Balaban J connectivity index is 1.67. The summed E-state index contributed by atoms with van der Waals surface area (Å²) in [5.74, 6) is 1.96. The number of carbonyl (C=O) groups excluding carboxylic acids is 1. The molecule has 9 heteroatoms. The normalized spacial score (nSPS) is 14.1. The van der Waals surface area contributed by atoms with Crippen molar-refractivity contribution < 1.29 is 27.4 Å². The van der Waals surface area contributed by atoms with Gasteiger partial charge in [0.2, 0.25) is 0 Å². The number of anilines is 2. The van der Waals surface area contributed by atoms with Crippen LogP contribution in [0.1, 0.15) is 47.4 Å². The van der Waals surface area contributed by atoms with Crippen molar-refractivity contribution in [3.63, 3.8) is 0 Å². The number of terminal acetylenes is 1. The monoisotopic (exact) mass is 551 g/mol. The second-order valence-corrected chi connectivity index (χ2v) is 10.1. The lowest BCUT2D eigenvalue weighted by atomic mass is 9.96. The van der Waals surface area contributed by atoms with Crippen LogP contribution in [-0.2, 0) is 21.3 Å². The van der Waals surface area contributed by atoms with Gasteiger partial charge in [-0.15, -0.1) is 12.3 Å². The lowest BCUT2D eigenvalue weighted by molar-refractivity contribution is -0.137. The van der Waals surface area contributed by atoms with E-state index in [0.29, 0.717) is 45.0 Å². The van der Waals surface area contributed by atoms with E-state index in [2.05, 4.69) is 22.2 Å². The highest BCUT2D eigenvalue weighted by atomic mass is 19.4. The highest BCUT2D eigenvalue weighted by Gasteiger charge is 2.31. The average molecular weight is 552 g/mol. The summed E-state index contributed by atoms with van der Waals surface area (Å²) in [5.41, 5.74) is 3.12. The van der Waals surface area contributed by atoms with Gasteiger partial charge in [-0.1, -0.05) is 12.1 Å². The van der Waals surface area contributed by atoms with E-state index in [0.717, 1.165) is 40.2 Å². The Labute approximate surface area is 232 Å². The van der Waals surface area contributed by atoms with Crippen LogP contribution in [0.5, 0.6) is 0 Å². The molecule has 1 aliphatic heterocycles. The number of alkyl halides is 3. The number of benzene rings is 2. The smallest absolute Gasteiger partial charge is 0.378 e. The summed E-state index contributed by atoms with van der Waals surface area (Å²) in [6.45, 7) is 8.87. The standard InChI is InChI=1S/C31H32F3N3O3/c1-5-6-14-40-30(3,4)28-27(37-12-15-39-16-13-37)18-23(20-35-28)26-19-25(11-10-21(26)2)36-29(38)22-8-7-9-24(17-22)31(32,33)34/h1,7-11,17-20H,6,12-16H2,2-4H3,(H,36,38). The number of ether oxygens (including phenoxy) is 2. The van der Waals surface area contributed by atoms with E-state index >= 15 is 0 Å². The van der Waals surface area contributed by atoms with Crippen LogP contribution in [0, 0.1) is 19.3 Å². The second kappa shape index (κ2) is 12.1. The molecule has 4 rings (SSSR count). The van der Waals surface area contributed by atoms with Gasteiger partial charge in [-0.05, 0) is 68.3 Å². The molecule has 210 valence electrons. The fraction of sp³-hybridized carbons (Fsp3) is 0.355. The van der Waals surface area contributed by atoms with Gasteiger partial charge in [0.25, 0.3) is 5.91 Å². The number of halogens is 3. The highest BCUT2D eigenvalue weighted by Crippen LogP contribution is 2.37. The SMILES string of the molecule is C#CCCOC(C)(C)c1ncc(-c2cc(NC(=O)c3cccc(C(F)(F)F)c3)ccc2C)cc1N1CCOCC1. The van der Waals surface area contributed by atoms with Crippen LogP contribution in [0.4, 0.5) is 24.5 Å². The molecule has 0 unspecified atom stereocenters. The molecular weight excluding hydrogens is 519 g/mol. The lowest BCUT2D eigenvalue weighted by Crippen LogP contribution is -2.38. The zero-order valence-corrected chi connectivity index (χ0v) is 22.8. The first-order chi connectivity index (χ1) is 19.0. The molecule has 3 aromatic rings. The Morgan fingerprint density at radius 3 is 2.60 bits per heavy atom.